The molecule has 0 saturated carbocycles. The molecule has 1 aromatic heterocycles. The summed E-state index contributed by atoms with van der Waals surface area (Å²) >= 11 is 0. The van der Waals surface area contributed by atoms with Crippen LogP contribution in [-0.4, -0.2) is 44.6 Å². The standard InChI is InChI=1S/C19H23FN4O2/c1-14-9-23-16(11-22-14)10-21-13-19(26)7-4-8-24(18(19)25)12-15-5-2-3-6-17(15)20/h2-3,5-6,9,11,21,26H,4,7-8,10,12-13H2,1H3. The number of carbonyl (C=O) groups excluding carboxylic acids is 1. The minimum Gasteiger partial charge on any atom is -0.379 e. The van der Waals surface area contributed by atoms with Gasteiger partial charge in [0.25, 0.3) is 5.91 Å². The molecule has 0 bridgehead atoms. The normalized spacial score (nSPS) is 20.4. The Morgan fingerprint density at radius 2 is 2.12 bits per heavy atom. The topological polar surface area (TPSA) is 78.4 Å². The van der Waals surface area contributed by atoms with Gasteiger partial charge in [0.2, 0.25) is 0 Å². The molecule has 26 heavy (non-hydrogen) atoms. The predicted octanol–water partition coefficient (Wildman–Crippen LogP) is 1.57. The summed E-state index contributed by atoms with van der Waals surface area (Å²) in [7, 11) is 0. The maximum atomic E-state index is 13.9. The minimum absolute atomic E-state index is 0.120. The molecule has 2 N–H and O–H groups in total. The highest BCUT2D eigenvalue weighted by atomic mass is 19.1. The number of aromatic nitrogens is 2. The first kappa shape index (κ1) is 18.4. The maximum Gasteiger partial charge on any atom is 0.256 e. The lowest BCUT2D eigenvalue weighted by Crippen LogP contribution is -2.57. The van der Waals surface area contributed by atoms with Crippen molar-refractivity contribution >= 4 is 5.91 Å². The molecule has 0 radical (unpaired) electrons. The van der Waals surface area contributed by atoms with Gasteiger partial charge in [-0.25, -0.2) is 4.39 Å². The Balaban J connectivity index is 1.60. The number of piperidine rings is 1. The lowest BCUT2D eigenvalue weighted by atomic mass is 9.91. The number of halogens is 1. The molecule has 2 heterocycles. The van der Waals surface area contributed by atoms with E-state index in [1.165, 1.54) is 11.0 Å². The van der Waals surface area contributed by atoms with Gasteiger partial charge in [-0.15, -0.1) is 0 Å². The van der Waals surface area contributed by atoms with Gasteiger partial charge in [0.15, 0.2) is 5.60 Å². The van der Waals surface area contributed by atoms with Crippen LogP contribution in [0.4, 0.5) is 4.39 Å². The summed E-state index contributed by atoms with van der Waals surface area (Å²) in [5.41, 5.74) is 0.541. The van der Waals surface area contributed by atoms with Gasteiger partial charge in [-0.2, -0.15) is 0 Å². The van der Waals surface area contributed by atoms with E-state index in [4.69, 9.17) is 0 Å². The van der Waals surface area contributed by atoms with E-state index in [0.29, 0.717) is 31.5 Å². The van der Waals surface area contributed by atoms with Crippen LogP contribution in [0.3, 0.4) is 0 Å². The molecule has 1 atom stereocenters. The van der Waals surface area contributed by atoms with E-state index in [0.717, 1.165) is 11.4 Å². The van der Waals surface area contributed by atoms with Crippen LogP contribution < -0.4 is 5.32 Å². The fourth-order valence-electron chi connectivity index (χ4n) is 3.12. The zero-order valence-corrected chi connectivity index (χ0v) is 14.8. The second-order valence-electron chi connectivity index (χ2n) is 6.71. The minimum atomic E-state index is -1.48. The van der Waals surface area contributed by atoms with Crippen molar-refractivity contribution in [2.24, 2.45) is 0 Å². The second kappa shape index (κ2) is 7.88. The smallest absolute Gasteiger partial charge is 0.256 e. The van der Waals surface area contributed by atoms with Gasteiger partial charge in [-0.3, -0.25) is 14.8 Å². The molecule has 1 unspecified atom stereocenters. The quantitative estimate of drug-likeness (QED) is 0.820. The summed E-state index contributed by atoms with van der Waals surface area (Å²) < 4.78 is 13.9. The number of amides is 1. The third-order valence-electron chi connectivity index (χ3n) is 4.58. The fraction of sp³-hybridized carbons (Fsp3) is 0.421. The third-order valence-corrected chi connectivity index (χ3v) is 4.58. The average Bonchev–Trinajstić information content (AvgIpc) is 2.63. The molecule has 0 aliphatic carbocycles. The molecule has 2 aromatic rings. The van der Waals surface area contributed by atoms with Crippen molar-refractivity contribution in [1.82, 2.24) is 20.2 Å². The molecule has 1 aliphatic rings. The van der Waals surface area contributed by atoms with Crippen molar-refractivity contribution in [3.8, 4) is 0 Å². The average molecular weight is 358 g/mol. The third kappa shape index (κ3) is 4.23. The van der Waals surface area contributed by atoms with E-state index in [9.17, 15) is 14.3 Å². The SMILES string of the molecule is Cc1cnc(CNCC2(O)CCCN(Cc3ccccc3F)C2=O)cn1. The monoisotopic (exact) mass is 358 g/mol. The summed E-state index contributed by atoms with van der Waals surface area (Å²) in [6.45, 7) is 3.07. The second-order valence-corrected chi connectivity index (χ2v) is 6.71. The van der Waals surface area contributed by atoms with Gasteiger partial charge in [-0.05, 0) is 25.8 Å². The zero-order valence-electron chi connectivity index (χ0n) is 14.8. The van der Waals surface area contributed by atoms with Crippen LogP contribution in [0.1, 0.15) is 29.8 Å². The van der Waals surface area contributed by atoms with Gasteiger partial charge in [0.1, 0.15) is 5.82 Å². The molecule has 1 aromatic carbocycles. The van der Waals surface area contributed by atoms with Crippen LogP contribution in [0.25, 0.3) is 0 Å². The zero-order chi connectivity index (χ0) is 18.6. The maximum absolute atomic E-state index is 13.9. The van der Waals surface area contributed by atoms with Crippen LogP contribution in [0.2, 0.25) is 0 Å². The largest absolute Gasteiger partial charge is 0.379 e. The summed E-state index contributed by atoms with van der Waals surface area (Å²) in [5.74, 6) is -0.708. The number of likely N-dealkylation sites (tertiary alicyclic amines) is 1. The van der Waals surface area contributed by atoms with Gasteiger partial charge < -0.3 is 15.3 Å². The number of aliphatic hydroxyl groups is 1. The highest BCUT2D eigenvalue weighted by Crippen LogP contribution is 2.24. The van der Waals surface area contributed by atoms with Crippen LogP contribution in [0, 0.1) is 12.7 Å². The molecule has 1 amide bonds. The Labute approximate surface area is 152 Å². The molecular formula is C19H23FN4O2. The Morgan fingerprint density at radius 3 is 2.85 bits per heavy atom. The molecule has 0 spiro atoms. The van der Waals surface area contributed by atoms with Crippen molar-refractivity contribution in [2.45, 2.75) is 38.5 Å². The van der Waals surface area contributed by atoms with Gasteiger partial charge in [-0.1, -0.05) is 18.2 Å². The van der Waals surface area contributed by atoms with Crippen molar-refractivity contribution in [1.29, 1.82) is 0 Å². The molecule has 1 aliphatic heterocycles. The molecule has 6 nitrogen and oxygen atoms in total. The Bertz CT molecular complexity index is 768. The van der Waals surface area contributed by atoms with E-state index in [2.05, 4.69) is 15.3 Å². The summed E-state index contributed by atoms with van der Waals surface area (Å²) in [6, 6.07) is 6.39. The van der Waals surface area contributed by atoms with E-state index in [1.807, 2.05) is 6.92 Å². The van der Waals surface area contributed by atoms with E-state index < -0.39 is 5.60 Å². The predicted molar refractivity (Wildman–Crippen MR) is 94.5 cm³/mol. The first-order valence-electron chi connectivity index (χ1n) is 8.71. The van der Waals surface area contributed by atoms with E-state index in [1.54, 1.807) is 30.6 Å². The number of rotatable bonds is 6. The van der Waals surface area contributed by atoms with E-state index in [-0.39, 0.29) is 24.8 Å². The molecule has 1 fully saturated rings. The van der Waals surface area contributed by atoms with Crippen molar-refractivity contribution in [3.05, 3.63) is 59.4 Å². The highest BCUT2D eigenvalue weighted by Gasteiger charge is 2.41. The number of benzene rings is 1. The Morgan fingerprint density at radius 1 is 1.31 bits per heavy atom. The van der Waals surface area contributed by atoms with Crippen LogP contribution in [-0.2, 0) is 17.9 Å². The number of carbonyl (C=O) groups is 1. The van der Waals surface area contributed by atoms with E-state index >= 15 is 0 Å². The lowest BCUT2D eigenvalue weighted by Gasteiger charge is -2.38. The Kier molecular flexibility index (Phi) is 5.58. The summed E-state index contributed by atoms with van der Waals surface area (Å²) in [4.78, 5) is 22.7. The van der Waals surface area contributed by atoms with Crippen LogP contribution in [0.15, 0.2) is 36.7 Å². The summed E-state index contributed by atoms with van der Waals surface area (Å²) in [6.07, 6.45) is 4.39. The first-order chi connectivity index (χ1) is 12.5. The molecule has 7 heteroatoms. The number of nitrogens with zero attached hydrogens (tertiary/aromatic N) is 3. The van der Waals surface area contributed by atoms with Gasteiger partial charge >= 0.3 is 0 Å². The molecule has 1 saturated heterocycles. The number of aryl methyl sites for hydroxylation is 1. The van der Waals surface area contributed by atoms with Crippen LogP contribution in [0.5, 0.6) is 0 Å². The van der Waals surface area contributed by atoms with Gasteiger partial charge in [0, 0.05) is 44.1 Å². The first-order valence-corrected chi connectivity index (χ1v) is 8.71. The van der Waals surface area contributed by atoms with Crippen LogP contribution >= 0.6 is 0 Å². The molecule has 138 valence electrons. The molecular weight excluding hydrogens is 335 g/mol. The highest BCUT2D eigenvalue weighted by molar-refractivity contribution is 5.86. The summed E-state index contributed by atoms with van der Waals surface area (Å²) in [5, 5.41) is 13.9. The number of hydrogen-bond acceptors (Lipinski definition) is 5. The van der Waals surface area contributed by atoms with Crippen molar-refractivity contribution < 1.29 is 14.3 Å². The van der Waals surface area contributed by atoms with Crippen molar-refractivity contribution in [3.63, 3.8) is 0 Å². The van der Waals surface area contributed by atoms with Gasteiger partial charge in [0.05, 0.1) is 11.4 Å². The number of nitrogens with one attached hydrogen (secondary N) is 1. The number of hydrogen-bond donors (Lipinski definition) is 2. The fourth-order valence-corrected chi connectivity index (χ4v) is 3.12. The Hall–Kier alpha value is -2.38. The lowest BCUT2D eigenvalue weighted by molar-refractivity contribution is -0.157. The molecule has 3 rings (SSSR count). The van der Waals surface area contributed by atoms with Crippen molar-refractivity contribution in [2.75, 3.05) is 13.1 Å².